The van der Waals surface area contributed by atoms with Crippen LogP contribution >= 0.6 is 0 Å². The fourth-order valence-electron chi connectivity index (χ4n) is 7.46. The summed E-state index contributed by atoms with van der Waals surface area (Å²) >= 11 is 0. The van der Waals surface area contributed by atoms with Gasteiger partial charge >= 0.3 is 5.97 Å². The summed E-state index contributed by atoms with van der Waals surface area (Å²) in [5.41, 5.74) is -1.08. The molecule has 0 amide bonds. The lowest BCUT2D eigenvalue weighted by Gasteiger charge is -2.57. The summed E-state index contributed by atoms with van der Waals surface area (Å²) in [4.78, 5) is 37.9. The molecule has 7 heteroatoms. The number of esters is 1. The Morgan fingerprint density at radius 1 is 1.25 bits per heavy atom. The highest BCUT2D eigenvalue weighted by Crippen LogP contribution is 2.66. The van der Waals surface area contributed by atoms with Gasteiger partial charge in [0.15, 0.2) is 6.61 Å². The number of carbonyl (C=O) groups is 3. The van der Waals surface area contributed by atoms with Crippen LogP contribution < -0.4 is 0 Å². The average molecular weight is 447 g/mol. The zero-order valence-electron chi connectivity index (χ0n) is 19.4. The third-order valence-electron chi connectivity index (χ3n) is 9.10. The molecular formula is C25H34O7. The van der Waals surface area contributed by atoms with Crippen LogP contribution in [0.25, 0.3) is 0 Å². The lowest BCUT2D eigenvalue weighted by Crippen LogP contribution is -2.61. The highest BCUT2D eigenvalue weighted by molar-refractivity contribution is 5.93. The van der Waals surface area contributed by atoms with E-state index in [1.54, 1.807) is 7.11 Å². The van der Waals surface area contributed by atoms with E-state index in [0.717, 1.165) is 29.7 Å². The molecule has 4 aliphatic carbocycles. The number of carbonyl (C=O) groups excluding carboxylic acids is 3. The lowest BCUT2D eigenvalue weighted by molar-refractivity contribution is -0.172. The zero-order valence-corrected chi connectivity index (χ0v) is 19.4. The summed E-state index contributed by atoms with van der Waals surface area (Å²) in [5.74, 6) is -0.481. The van der Waals surface area contributed by atoms with Crippen LogP contribution in [0.1, 0.15) is 59.3 Å². The molecule has 2 fully saturated rings. The van der Waals surface area contributed by atoms with Crippen molar-refractivity contribution in [3.63, 3.8) is 0 Å². The maximum absolute atomic E-state index is 13.7. The fourth-order valence-corrected chi connectivity index (χ4v) is 7.46. The highest BCUT2D eigenvalue weighted by atomic mass is 16.5. The molecule has 4 rings (SSSR count). The third-order valence-corrected chi connectivity index (χ3v) is 9.10. The second kappa shape index (κ2) is 7.80. The molecule has 2 saturated carbocycles. The largest absolute Gasteiger partial charge is 0.501 e. The first kappa shape index (κ1) is 23.2. The van der Waals surface area contributed by atoms with Gasteiger partial charge in [-0.25, -0.2) is 0 Å². The van der Waals surface area contributed by atoms with Crippen molar-refractivity contribution in [2.24, 2.45) is 28.6 Å². The molecule has 0 aromatic heterocycles. The number of aliphatic hydroxyl groups is 2. The fraction of sp³-hybridized carbons (Fsp3) is 0.720. The van der Waals surface area contributed by atoms with Crippen LogP contribution in [0.3, 0.4) is 0 Å². The average Bonchev–Trinajstić information content (AvgIpc) is 3.02. The van der Waals surface area contributed by atoms with Gasteiger partial charge in [-0.3, -0.25) is 14.4 Å². The van der Waals surface area contributed by atoms with Gasteiger partial charge in [-0.2, -0.15) is 0 Å². The predicted octanol–water partition coefficient (Wildman–Crippen LogP) is 2.49. The van der Waals surface area contributed by atoms with E-state index in [9.17, 15) is 24.6 Å². The van der Waals surface area contributed by atoms with Crippen LogP contribution in [-0.4, -0.2) is 53.7 Å². The van der Waals surface area contributed by atoms with E-state index in [1.807, 2.05) is 13.0 Å². The number of rotatable bonds is 5. The topological polar surface area (TPSA) is 110 Å². The molecular weight excluding hydrogens is 412 g/mol. The lowest BCUT2D eigenvalue weighted by atomic mass is 9.46. The summed E-state index contributed by atoms with van der Waals surface area (Å²) in [7, 11) is 1.64. The zero-order chi connectivity index (χ0) is 23.5. The summed E-state index contributed by atoms with van der Waals surface area (Å²) in [6.07, 6.45) is 5.06. The van der Waals surface area contributed by atoms with Crippen molar-refractivity contribution in [1.82, 2.24) is 0 Å². The van der Waals surface area contributed by atoms with Crippen molar-refractivity contribution < 1.29 is 34.1 Å². The second-order valence-electron chi connectivity index (χ2n) is 10.5. The first-order valence-electron chi connectivity index (χ1n) is 11.5. The predicted molar refractivity (Wildman–Crippen MR) is 115 cm³/mol. The van der Waals surface area contributed by atoms with Crippen molar-refractivity contribution >= 4 is 17.5 Å². The normalized spacial score (nSPS) is 40.8. The van der Waals surface area contributed by atoms with Crippen molar-refractivity contribution in [2.45, 2.75) is 64.9 Å². The molecule has 6 atom stereocenters. The second-order valence-corrected chi connectivity index (χ2v) is 10.5. The van der Waals surface area contributed by atoms with Crippen LogP contribution in [-0.2, 0) is 23.9 Å². The van der Waals surface area contributed by atoms with Gasteiger partial charge in [0.05, 0.1) is 19.5 Å². The minimum atomic E-state index is -1.70. The van der Waals surface area contributed by atoms with Gasteiger partial charge in [-0.05, 0) is 54.7 Å². The van der Waals surface area contributed by atoms with E-state index in [2.05, 4.69) is 6.92 Å². The number of ether oxygens (including phenoxy) is 2. The van der Waals surface area contributed by atoms with Crippen LogP contribution in [0.5, 0.6) is 0 Å². The third kappa shape index (κ3) is 3.11. The van der Waals surface area contributed by atoms with Gasteiger partial charge < -0.3 is 19.7 Å². The minimum absolute atomic E-state index is 0.0378. The molecule has 0 spiro atoms. The SMILES string of the molecule is COC1=CC2=C(CO)C[C@@H]3[C@H](C(=O)C[C@@]4(C)[C@H]3CC[C@]4(O)C(=O)COC(C)=O)[C@@]2(C)CC1. The van der Waals surface area contributed by atoms with Crippen molar-refractivity contribution in [3.8, 4) is 0 Å². The number of Topliss-reactive ketones (excluding diaryl/α,β-unsaturated/α-hetero) is 2. The van der Waals surface area contributed by atoms with E-state index in [1.165, 1.54) is 6.92 Å². The van der Waals surface area contributed by atoms with Crippen LogP contribution in [0.4, 0.5) is 0 Å². The summed E-state index contributed by atoms with van der Waals surface area (Å²) in [6.45, 7) is 4.61. The number of methoxy groups -OCH3 is 1. The molecule has 0 aromatic carbocycles. The van der Waals surface area contributed by atoms with Gasteiger partial charge in [0, 0.05) is 36.5 Å². The Kier molecular flexibility index (Phi) is 5.65. The van der Waals surface area contributed by atoms with Gasteiger partial charge in [-0.15, -0.1) is 0 Å². The van der Waals surface area contributed by atoms with Crippen LogP contribution in [0.15, 0.2) is 23.0 Å². The molecule has 0 unspecified atom stereocenters. The molecule has 0 heterocycles. The maximum atomic E-state index is 13.7. The van der Waals surface area contributed by atoms with Crippen LogP contribution in [0.2, 0.25) is 0 Å². The molecule has 4 aliphatic rings. The Labute approximate surface area is 188 Å². The number of fused-ring (bicyclic) bond motifs is 5. The smallest absolute Gasteiger partial charge is 0.303 e. The van der Waals surface area contributed by atoms with Crippen molar-refractivity contribution in [1.29, 1.82) is 0 Å². The summed E-state index contributed by atoms with van der Waals surface area (Å²) in [5, 5.41) is 21.8. The first-order valence-corrected chi connectivity index (χ1v) is 11.5. The van der Waals surface area contributed by atoms with Gasteiger partial charge in [0.1, 0.15) is 11.4 Å². The number of aliphatic hydroxyl groups excluding tert-OH is 1. The van der Waals surface area contributed by atoms with Crippen molar-refractivity contribution in [3.05, 3.63) is 23.0 Å². The van der Waals surface area contributed by atoms with Gasteiger partial charge in [-0.1, -0.05) is 13.8 Å². The Morgan fingerprint density at radius 3 is 2.59 bits per heavy atom. The first-order chi connectivity index (χ1) is 15.0. The van der Waals surface area contributed by atoms with E-state index in [4.69, 9.17) is 9.47 Å². The Balaban J connectivity index is 1.73. The minimum Gasteiger partial charge on any atom is -0.501 e. The summed E-state index contributed by atoms with van der Waals surface area (Å²) < 4.78 is 10.4. The molecule has 7 nitrogen and oxygen atoms in total. The number of hydrogen-bond donors (Lipinski definition) is 2. The van der Waals surface area contributed by atoms with Crippen LogP contribution in [0, 0.1) is 28.6 Å². The van der Waals surface area contributed by atoms with Gasteiger partial charge in [0.25, 0.3) is 0 Å². The van der Waals surface area contributed by atoms with Gasteiger partial charge in [0.2, 0.25) is 5.78 Å². The molecule has 32 heavy (non-hydrogen) atoms. The molecule has 0 aromatic rings. The van der Waals surface area contributed by atoms with E-state index >= 15 is 0 Å². The van der Waals surface area contributed by atoms with Crippen molar-refractivity contribution in [2.75, 3.05) is 20.3 Å². The molecule has 2 N–H and O–H groups in total. The Morgan fingerprint density at radius 2 is 1.97 bits per heavy atom. The number of ketones is 2. The van der Waals surface area contributed by atoms with E-state index in [0.29, 0.717) is 12.8 Å². The Hall–Kier alpha value is -1.99. The standard InChI is InChI=1S/C25H34O7/c1-14(27)32-13-21(29)25(30)8-6-18-17-9-15(12-26)19-10-16(31-4)5-7-23(19,2)22(17)20(28)11-24(18,25)3/h10,17-18,22,26,30H,5-9,11-13H2,1-4H3/t17-,18-,22+,23-,24-,25-/m0/s1. The van der Waals surface area contributed by atoms with E-state index in [-0.39, 0.29) is 43.0 Å². The molecule has 0 bridgehead atoms. The quantitative estimate of drug-likeness (QED) is 0.624. The highest BCUT2D eigenvalue weighted by Gasteiger charge is 2.68. The van der Waals surface area contributed by atoms with E-state index < -0.39 is 34.8 Å². The molecule has 0 saturated heterocycles. The molecule has 176 valence electrons. The summed E-state index contributed by atoms with van der Waals surface area (Å²) in [6, 6.07) is 0. The molecule has 0 radical (unpaired) electrons. The number of allylic oxidation sites excluding steroid dienone is 3. The monoisotopic (exact) mass is 446 g/mol. The number of hydrogen-bond acceptors (Lipinski definition) is 7. The maximum Gasteiger partial charge on any atom is 0.303 e. The Bertz CT molecular complexity index is 917. The molecule has 0 aliphatic heterocycles.